The number of pyridine rings is 1. The fraction of sp³-hybridized carbons (Fsp3) is 0.278. The maximum Gasteiger partial charge on any atom is 0.351 e. The second-order valence-electron chi connectivity index (χ2n) is 6.26. The van der Waals surface area contributed by atoms with Crippen LogP contribution in [0.1, 0.15) is 46.0 Å². The lowest BCUT2D eigenvalue weighted by atomic mass is 10.1. The molecule has 7 heteroatoms. The zero-order chi connectivity index (χ0) is 17.9. The van der Waals surface area contributed by atoms with Crippen molar-refractivity contribution in [2.45, 2.75) is 32.8 Å². The Balaban J connectivity index is 2.04. The monoisotopic (exact) mass is 358 g/mol. The number of fused-ring (bicyclic) bond motifs is 5. The third-order valence-electron chi connectivity index (χ3n) is 4.12. The van der Waals surface area contributed by atoms with E-state index < -0.39 is 11.9 Å². The Labute approximate surface area is 149 Å². The molecule has 0 spiro atoms. The lowest BCUT2D eigenvalue weighted by Crippen LogP contribution is -2.54. The van der Waals surface area contributed by atoms with E-state index in [2.05, 4.69) is 4.98 Å². The first-order chi connectivity index (χ1) is 11.8. The van der Waals surface area contributed by atoms with Crippen LogP contribution in [0.25, 0.3) is 0 Å². The van der Waals surface area contributed by atoms with Crippen LogP contribution in [0, 0.1) is 6.92 Å². The number of ether oxygens (including phenoxy) is 2. The van der Waals surface area contributed by atoms with Crippen molar-refractivity contribution in [2.75, 3.05) is 4.90 Å². The van der Waals surface area contributed by atoms with Crippen molar-refractivity contribution in [1.82, 2.24) is 4.98 Å². The van der Waals surface area contributed by atoms with Gasteiger partial charge in [-0.1, -0.05) is 17.7 Å². The molecule has 1 aromatic carbocycles. The smallest absolute Gasteiger partial charge is 0.351 e. The highest BCUT2D eigenvalue weighted by Gasteiger charge is 2.61. The van der Waals surface area contributed by atoms with E-state index in [1.54, 1.807) is 51.1 Å². The molecule has 1 aromatic heterocycles. The number of aromatic nitrogens is 1. The van der Waals surface area contributed by atoms with Crippen LogP contribution in [0.2, 0.25) is 5.02 Å². The molecule has 0 saturated carbocycles. The van der Waals surface area contributed by atoms with Gasteiger partial charge in [0.25, 0.3) is 5.91 Å². The summed E-state index contributed by atoms with van der Waals surface area (Å²) in [4.78, 5) is 31.5. The number of halogens is 1. The van der Waals surface area contributed by atoms with Gasteiger partial charge in [0.2, 0.25) is 0 Å². The van der Waals surface area contributed by atoms with Crippen LogP contribution in [-0.4, -0.2) is 23.0 Å². The van der Waals surface area contributed by atoms with Gasteiger partial charge in [0.05, 0.1) is 22.4 Å². The van der Waals surface area contributed by atoms with E-state index in [9.17, 15) is 9.59 Å². The Morgan fingerprint density at radius 2 is 2.00 bits per heavy atom. The summed E-state index contributed by atoms with van der Waals surface area (Å²) in [5.41, 5.74) is 1.81. The molecule has 1 atom stereocenters. The lowest BCUT2D eigenvalue weighted by Gasteiger charge is -2.41. The predicted molar refractivity (Wildman–Crippen MR) is 90.6 cm³/mol. The van der Waals surface area contributed by atoms with Gasteiger partial charge in [0.1, 0.15) is 11.3 Å². The molecule has 4 rings (SSSR count). The van der Waals surface area contributed by atoms with Crippen molar-refractivity contribution in [1.29, 1.82) is 0 Å². The highest BCUT2D eigenvalue weighted by Crippen LogP contribution is 2.49. The van der Waals surface area contributed by atoms with E-state index in [0.29, 0.717) is 16.9 Å². The van der Waals surface area contributed by atoms with Crippen LogP contribution in [0.15, 0.2) is 30.3 Å². The van der Waals surface area contributed by atoms with Crippen LogP contribution in [-0.2, 0) is 15.4 Å². The van der Waals surface area contributed by atoms with E-state index in [-0.39, 0.29) is 28.3 Å². The van der Waals surface area contributed by atoms with Crippen LogP contribution >= 0.6 is 11.6 Å². The van der Waals surface area contributed by atoms with Gasteiger partial charge in [0.15, 0.2) is 0 Å². The number of aryl methyl sites for hydroxylation is 1. The lowest BCUT2D eigenvalue weighted by molar-refractivity contribution is -0.228. The maximum atomic E-state index is 13.1. The van der Waals surface area contributed by atoms with Gasteiger partial charge in [-0.2, -0.15) is 0 Å². The molecule has 2 aliphatic heterocycles. The summed E-state index contributed by atoms with van der Waals surface area (Å²) in [6.07, 6.45) is -0.322. The summed E-state index contributed by atoms with van der Waals surface area (Å²) in [5.74, 6) is -2.72. The van der Waals surface area contributed by atoms with Crippen molar-refractivity contribution >= 4 is 29.2 Å². The van der Waals surface area contributed by atoms with Crippen molar-refractivity contribution in [2.24, 2.45) is 0 Å². The molecule has 0 aliphatic carbocycles. The molecule has 1 unspecified atom stereocenters. The molecule has 2 aromatic rings. The summed E-state index contributed by atoms with van der Waals surface area (Å²) >= 11 is 6.17. The van der Waals surface area contributed by atoms with Crippen LogP contribution in [0.3, 0.4) is 0 Å². The van der Waals surface area contributed by atoms with Gasteiger partial charge in [-0.25, -0.2) is 14.7 Å². The minimum atomic E-state index is -1.72. The van der Waals surface area contributed by atoms with E-state index in [4.69, 9.17) is 21.1 Å². The second-order valence-corrected chi connectivity index (χ2v) is 6.67. The van der Waals surface area contributed by atoms with Gasteiger partial charge in [0, 0.05) is 5.69 Å². The summed E-state index contributed by atoms with van der Waals surface area (Å²) in [6, 6.07) is 8.31. The quantitative estimate of drug-likeness (QED) is 0.769. The first-order valence-electron chi connectivity index (χ1n) is 7.87. The van der Waals surface area contributed by atoms with E-state index in [0.717, 1.165) is 0 Å². The van der Waals surface area contributed by atoms with E-state index >= 15 is 0 Å². The standard InChI is InChI=1S/C18H15ClN2O4/c1-9(2)24-18-15-11(8-7-10(3)20-15)16(22)21(18)13-6-4-5-12(19)14(13)17(23)25-18/h4-9H,1-3H3. The van der Waals surface area contributed by atoms with Crippen molar-refractivity contribution in [3.8, 4) is 0 Å². The number of hydrogen-bond donors (Lipinski definition) is 0. The molecule has 6 nitrogen and oxygen atoms in total. The zero-order valence-corrected chi connectivity index (χ0v) is 14.6. The number of carbonyl (C=O) groups is 2. The number of benzene rings is 1. The average molecular weight is 359 g/mol. The first kappa shape index (κ1) is 16.1. The van der Waals surface area contributed by atoms with E-state index in [1.807, 2.05) is 0 Å². The summed E-state index contributed by atoms with van der Waals surface area (Å²) in [7, 11) is 0. The second kappa shape index (κ2) is 5.28. The molecule has 0 fully saturated rings. The number of hydrogen-bond acceptors (Lipinski definition) is 5. The highest BCUT2D eigenvalue weighted by atomic mass is 35.5. The molecule has 0 bridgehead atoms. The van der Waals surface area contributed by atoms with Crippen LogP contribution < -0.4 is 4.90 Å². The number of esters is 1. The molecule has 25 heavy (non-hydrogen) atoms. The normalized spacial score (nSPS) is 21.1. The third-order valence-corrected chi connectivity index (χ3v) is 4.44. The highest BCUT2D eigenvalue weighted by molar-refractivity contribution is 6.35. The number of amides is 1. The molecule has 0 saturated heterocycles. The minimum Gasteiger partial charge on any atom is -0.404 e. The average Bonchev–Trinajstić information content (AvgIpc) is 2.75. The predicted octanol–water partition coefficient (Wildman–Crippen LogP) is 3.41. The van der Waals surface area contributed by atoms with Crippen molar-refractivity contribution < 1.29 is 19.1 Å². The Hall–Kier alpha value is -2.44. The van der Waals surface area contributed by atoms with Crippen molar-refractivity contribution in [3.05, 3.63) is 57.9 Å². The fourth-order valence-electron chi connectivity index (χ4n) is 3.22. The van der Waals surface area contributed by atoms with Gasteiger partial charge in [-0.15, -0.1) is 0 Å². The fourth-order valence-corrected chi connectivity index (χ4v) is 3.47. The zero-order valence-electron chi connectivity index (χ0n) is 13.9. The number of carbonyl (C=O) groups excluding carboxylic acids is 2. The number of anilines is 1. The third kappa shape index (κ3) is 2.11. The van der Waals surface area contributed by atoms with Gasteiger partial charge in [-0.05, 0) is 45.0 Å². The van der Waals surface area contributed by atoms with Gasteiger partial charge < -0.3 is 9.47 Å². The molecule has 3 heterocycles. The number of nitrogens with zero attached hydrogens (tertiary/aromatic N) is 2. The Morgan fingerprint density at radius 3 is 2.72 bits per heavy atom. The molecule has 2 aliphatic rings. The van der Waals surface area contributed by atoms with Crippen LogP contribution in [0.5, 0.6) is 0 Å². The maximum absolute atomic E-state index is 13.1. The molecular formula is C18H15ClN2O4. The molecule has 0 radical (unpaired) electrons. The van der Waals surface area contributed by atoms with Crippen molar-refractivity contribution in [3.63, 3.8) is 0 Å². The first-order valence-corrected chi connectivity index (χ1v) is 8.25. The summed E-state index contributed by atoms with van der Waals surface area (Å²) in [5, 5.41) is 0.216. The van der Waals surface area contributed by atoms with Crippen LogP contribution in [0.4, 0.5) is 5.69 Å². The largest absolute Gasteiger partial charge is 0.404 e. The minimum absolute atomic E-state index is 0.144. The molecule has 1 amide bonds. The molecule has 0 N–H and O–H groups in total. The number of rotatable bonds is 2. The van der Waals surface area contributed by atoms with Gasteiger partial charge in [-0.3, -0.25) is 4.79 Å². The SMILES string of the molecule is Cc1ccc2c(n1)C1(OC(C)C)OC(=O)c3c(Cl)cccc3N1C2=O. The molecular weight excluding hydrogens is 344 g/mol. The van der Waals surface area contributed by atoms with E-state index in [1.165, 1.54) is 4.90 Å². The summed E-state index contributed by atoms with van der Waals surface area (Å²) in [6.45, 7) is 5.39. The Kier molecular flexibility index (Phi) is 3.39. The molecule has 128 valence electrons. The summed E-state index contributed by atoms with van der Waals surface area (Å²) < 4.78 is 11.6. The Bertz CT molecular complexity index is 927. The Morgan fingerprint density at radius 1 is 1.24 bits per heavy atom. The topological polar surface area (TPSA) is 68.7 Å². The van der Waals surface area contributed by atoms with Gasteiger partial charge >= 0.3 is 11.9 Å².